The Morgan fingerprint density at radius 1 is 1.41 bits per heavy atom. The highest BCUT2D eigenvalue weighted by atomic mass is 16.4. The molecule has 2 heterocycles. The molecular formula is C10H12N4O3. The molecule has 1 aliphatic heterocycles. The Bertz CT molecular complexity index is 452. The minimum absolute atomic E-state index is 0.0325. The SMILES string of the molecule is O=C(O)C1=NN(CCn2cccn2)C(=O)CC1. The normalized spacial score (nSPS) is 15.9. The summed E-state index contributed by atoms with van der Waals surface area (Å²) in [7, 11) is 0. The van der Waals surface area contributed by atoms with Gasteiger partial charge in [0.25, 0.3) is 0 Å². The minimum atomic E-state index is -1.07. The first-order valence-electron chi connectivity index (χ1n) is 5.25. The standard InChI is InChI=1S/C10H12N4O3/c15-9-3-2-8(10(16)17)12-14(9)7-6-13-5-1-4-11-13/h1,4-5H,2-3,6-7H2,(H,16,17). The summed E-state index contributed by atoms with van der Waals surface area (Å²) in [6.45, 7) is 0.826. The van der Waals surface area contributed by atoms with Gasteiger partial charge in [0.2, 0.25) is 5.91 Å². The molecule has 0 aromatic carbocycles. The van der Waals surface area contributed by atoms with Crippen molar-refractivity contribution in [1.29, 1.82) is 0 Å². The highest BCUT2D eigenvalue weighted by molar-refractivity contribution is 6.36. The first-order chi connectivity index (χ1) is 8.16. The fourth-order valence-electron chi connectivity index (χ4n) is 1.56. The number of aromatic nitrogens is 2. The molecule has 1 aromatic heterocycles. The lowest BCUT2D eigenvalue weighted by molar-refractivity contribution is -0.133. The first-order valence-corrected chi connectivity index (χ1v) is 5.25. The molecule has 17 heavy (non-hydrogen) atoms. The van der Waals surface area contributed by atoms with Crippen LogP contribution >= 0.6 is 0 Å². The number of carbonyl (C=O) groups excluding carboxylic acids is 1. The third kappa shape index (κ3) is 2.68. The topological polar surface area (TPSA) is 87.8 Å². The smallest absolute Gasteiger partial charge is 0.352 e. The van der Waals surface area contributed by atoms with Gasteiger partial charge in [-0.25, -0.2) is 9.80 Å². The molecule has 1 aliphatic rings. The Balaban J connectivity index is 2.00. The van der Waals surface area contributed by atoms with Crippen LogP contribution in [0.15, 0.2) is 23.6 Å². The van der Waals surface area contributed by atoms with Crippen molar-refractivity contribution in [3.8, 4) is 0 Å². The molecule has 0 unspecified atom stereocenters. The molecule has 0 saturated heterocycles. The van der Waals surface area contributed by atoms with E-state index in [-0.39, 0.29) is 24.5 Å². The second kappa shape index (κ2) is 4.77. The molecule has 1 amide bonds. The van der Waals surface area contributed by atoms with Crippen LogP contribution in [-0.2, 0) is 16.1 Å². The number of carboxylic acid groups (broad SMARTS) is 1. The maximum Gasteiger partial charge on any atom is 0.352 e. The molecule has 0 radical (unpaired) electrons. The predicted molar refractivity (Wildman–Crippen MR) is 58.2 cm³/mol. The predicted octanol–water partition coefficient (Wildman–Crippen LogP) is -0.0539. The number of carboxylic acids is 1. The molecule has 0 saturated carbocycles. The van der Waals surface area contributed by atoms with E-state index in [0.29, 0.717) is 13.1 Å². The molecule has 7 nitrogen and oxygen atoms in total. The van der Waals surface area contributed by atoms with Gasteiger partial charge in [0, 0.05) is 25.2 Å². The van der Waals surface area contributed by atoms with Crippen molar-refractivity contribution in [3.05, 3.63) is 18.5 Å². The number of hydrogen-bond donors (Lipinski definition) is 1. The number of carbonyl (C=O) groups is 2. The first kappa shape index (κ1) is 11.3. The van der Waals surface area contributed by atoms with Crippen LogP contribution in [0.3, 0.4) is 0 Å². The zero-order chi connectivity index (χ0) is 12.3. The molecule has 2 rings (SSSR count). The molecule has 90 valence electrons. The van der Waals surface area contributed by atoms with Crippen molar-refractivity contribution in [1.82, 2.24) is 14.8 Å². The number of aliphatic carboxylic acids is 1. The summed E-state index contributed by atoms with van der Waals surface area (Å²) in [5.74, 6) is -1.22. The van der Waals surface area contributed by atoms with Gasteiger partial charge in [0.1, 0.15) is 5.71 Å². The van der Waals surface area contributed by atoms with Crippen LogP contribution < -0.4 is 0 Å². The lowest BCUT2D eigenvalue weighted by Crippen LogP contribution is -2.36. The molecule has 0 aliphatic carbocycles. The number of rotatable bonds is 4. The van der Waals surface area contributed by atoms with Crippen molar-refractivity contribution in [2.75, 3.05) is 6.54 Å². The van der Waals surface area contributed by atoms with Gasteiger partial charge in [0.05, 0.1) is 13.1 Å². The van der Waals surface area contributed by atoms with Crippen molar-refractivity contribution in [2.24, 2.45) is 5.10 Å². The lowest BCUT2D eigenvalue weighted by Gasteiger charge is -2.21. The quantitative estimate of drug-likeness (QED) is 0.793. The largest absolute Gasteiger partial charge is 0.477 e. The maximum atomic E-state index is 11.5. The molecule has 0 fully saturated rings. The van der Waals surface area contributed by atoms with E-state index in [2.05, 4.69) is 10.2 Å². The van der Waals surface area contributed by atoms with Crippen LogP contribution in [0.4, 0.5) is 0 Å². The molecule has 0 bridgehead atoms. The summed E-state index contributed by atoms with van der Waals surface area (Å²) in [4.78, 5) is 22.3. The van der Waals surface area contributed by atoms with Gasteiger partial charge < -0.3 is 5.11 Å². The van der Waals surface area contributed by atoms with E-state index in [1.165, 1.54) is 5.01 Å². The van der Waals surface area contributed by atoms with Crippen LogP contribution in [-0.4, -0.2) is 44.0 Å². The Morgan fingerprint density at radius 3 is 2.88 bits per heavy atom. The van der Waals surface area contributed by atoms with Crippen LogP contribution in [0.5, 0.6) is 0 Å². The van der Waals surface area contributed by atoms with Gasteiger partial charge in [-0.3, -0.25) is 9.48 Å². The summed E-state index contributed by atoms with van der Waals surface area (Å²) >= 11 is 0. The zero-order valence-electron chi connectivity index (χ0n) is 9.11. The van der Waals surface area contributed by atoms with E-state index in [1.807, 2.05) is 0 Å². The summed E-state index contributed by atoms with van der Waals surface area (Å²) in [6, 6.07) is 1.78. The second-order valence-corrected chi connectivity index (χ2v) is 3.64. The molecule has 0 atom stereocenters. The highest BCUT2D eigenvalue weighted by Crippen LogP contribution is 2.09. The average Bonchev–Trinajstić information content (AvgIpc) is 2.80. The van der Waals surface area contributed by atoms with Crippen molar-refractivity contribution in [2.45, 2.75) is 19.4 Å². The minimum Gasteiger partial charge on any atom is -0.477 e. The number of hydrogen-bond acceptors (Lipinski definition) is 4. The third-order valence-electron chi connectivity index (χ3n) is 2.45. The van der Waals surface area contributed by atoms with Crippen LogP contribution in [0.25, 0.3) is 0 Å². The summed E-state index contributed by atoms with van der Waals surface area (Å²) in [5, 5.41) is 17.8. The van der Waals surface area contributed by atoms with Gasteiger partial charge in [0.15, 0.2) is 0 Å². The van der Waals surface area contributed by atoms with Crippen molar-refractivity contribution < 1.29 is 14.7 Å². The van der Waals surface area contributed by atoms with E-state index in [9.17, 15) is 9.59 Å². The molecular weight excluding hydrogens is 224 g/mol. The van der Waals surface area contributed by atoms with Gasteiger partial charge in [-0.1, -0.05) is 0 Å². The van der Waals surface area contributed by atoms with Gasteiger partial charge in [-0.15, -0.1) is 0 Å². The molecule has 7 heteroatoms. The van der Waals surface area contributed by atoms with Gasteiger partial charge in [-0.2, -0.15) is 10.2 Å². The van der Waals surface area contributed by atoms with Crippen molar-refractivity contribution >= 4 is 17.6 Å². The summed E-state index contributed by atoms with van der Waals surface area (Å²) in [6.07, 6.45) is 3.82. The van der Waals surface area contributed by atoms with E-state index < -0.39 is 5.97 Å². The molecule has 0 spiro atoms. The summed E-state index contributed by atoms with van der Waals surface area (Å²) < 4.78 is 1.66. The maximum absolute atomic E-state index is 11.5. The van der Waals surface area contributed by atoms with Crippen molar-refractivity contribution in [3.63, 3.8) is 0 Å². The van der Waals surface area contributed by atoms with E-state index in [4.69, 9.17) is 5.11 Å². The monoisotopic (exact) mass is 236 g/mol. The lowest BCUT2D eigenvalue weighted by atomic mass is 10.2. The van der Waals surface area contributed by atoms with E-state index in [0.717, 1.165) is 0 Å². The highest BCUT2D eigenvalue weighted by Gasteiger charge is 2.23. The Labute approximate surface area is 97.3 Å². The van der Waals surface area contributed by atoms with Gasteiger partial charge in [-0.05, 0) is 6.07 Å². The fraction of sp³-hybridized carbons (Fsp3) is 0.400. The van der Waals surface area contributed by atoms with E-state index >= 15 is 0 Å². The Morgan fingerprint density at radius 2 is 2.24 bits per heavy atom. The third-order valence-corrected chi connectivity index (χ3v) is 2.45. The van der Waals surface area contributed by atoms with E-state index in [1.54, 1.807) is 23.1 Å². The number of amides is 1. The fourth-order valence-corrected chi connectivity index (χ4v) is 1.56. The van der Waals surface area contributed by atoms with Gasteiger partial charge >= 0.3 is 5.97 Å². The number of hydrazone groups is 1. The molecule has 1 aromatic rings. The Kier molecular flexibility index (Phi) is 3.17. The second-order valence-electron chi connectivity index (χ2n) is 3.64. The van der Waals surface area contributed by atoms with Crippen LogP contribution in [0, 0.1) is 0 Å². The molecule has 1 N–H and O–H groups in total. The van der Waals surface area contributed by atoms with Crippen LogP contribution in [0.2, 0.25) is 0 Å². The number of nitrogens with zero attached hydrogens (tertiary/aromatic N) is 4. The Hall–Kier alpha value is -2.18. The van der Waals surface area contributed by atoms with Crippen LogP contribution in [0.1, 0.15) is 12.8 Å². The average molecular weight is 236 g/mol. The zero-order valence-corrected chi connectivity index (χ0v) is 9.11. The summed E-state index contributed by atoms with van der Waals surface area (Å²) in [5.41, 5.74) is 0.0325.